The number of hydrogen-bond acceptors (Lipinski definition) is 2. The van der Waals surface area contributed by atoms with E-state index in [1.54, 1.807) is 0 Å². The van der Waals surface area contributed by atoms with Gasteiger partial charge in [0.2, 0.25) is 0 Å². The van der Waals surface area contributed by atoms with Crippen LogP contribution in [0.3, 0.4) is 0 Å². The van der Waals surface area contributed by atoms with Crippen molar-refractivity contribution in [1.82, 2.24) is 0 Å². The lowest BCUT2D eigenvalue weighted by Crippen LogP contribution is -2.27. The number of hydrogen-bond donors (Lipinski definition) is 1. The quantitative estimate of drug-likeness (QED) is 0.782. The summed E-state index contributed by atoms with van der Waals surface area (Å²) in [6.45, 7) is 3.55. The van der Waals surface area contributed by atoms with Crippen molar-refractivity contribution in [1.29, 1.82) is 0 Å². The van der Waals surface area contributed by atoms with E-state index in [1.807, 2.05) is 0 Å². The lowest BCUT2D eigenvalue weighted by Gasteiger charge is -2.26. The van der Waals surface area contributed by atoms with Crippen molar-refractivity contribution in [3.05, 3.63) is 29.3 Å². The van der Waals surface area contributed by atoms with E-state index < -0.39 is 0 Å². The molecular formula is C14H20N2. The minimum absolute atomic E-state index is 0.271. The second-order valence-electron chi connectivity index (χ2n) is 5.17. The van der Waals surface area contributed by atoms with E-state index >= 15 is 0 Å². The summed E-state index contributed by atoms with van der Waals surface area (Å²) in [5.74, 6) is 0. The zero-order chi connectivity index (χ0) is 11.1. The lowest BCUT2D eigenvalue weighted by molar-refractivity contribution is 0.712. The summed E-state index contributed by atoms with van der Waals surface area (Å²) in [4.78, 5) is 2.57. The Hall–Kier alpha value is -1.02. The Bertz CT molecular complexity index is 400. The van der Waals surface area contributed by atoms with Gasteiger partial charge in [-0.15, -0.1) is 0 Å². The van der Waals surface area contributed by atoms with Crippen molar-refractivity contribution >= 4 is 5.69 Å². The molecule has 2 atom stereocenters. The SMILES string of the molecule is CC1CCCN1c1cccc2c1CCC2N. The number of benzene rings is 1. The Morgan fingerprint density at radius 2 is 2.19 bits per heavy atom. The van der Waals surface area contributed by atoms with Gasteiger partial charge >= 0.3 is 0 Å². The van der Waals surface area contributed by atoms with Gasteiger partial charge in [-0.2, -0.15) is 0 Å². The molecule has 3 rings (SSSR count). The van der Waals surface area contributed by atoms with Crippen LogP contribution in [0.25, 0.3) is 0 Å². The molecule has 0 bridgehead atoms. The third-order valence-corrected chi connectivity index (χ3v) is 4.15. The first-order valence-electron chi connectivity index (χ1n) is 6.41. The van der Waals surface area contributed by atoms with Gasteiger partial charge in [-0.25, -0.2) is 0 Å². The average Bonchev–Trinajstić information content (AvgIpc) is 2.86. The highest BCUT2D eigenvalue weighted by Crippen LogP contribution is 2.38. The third kappa shape index (κ3) is 1.44. The Morgan fingerprint density at radius 3 is 2.94 bits per heavy atom. The fourth-order valence-electron chi connectivity index (χ4n) is 3.23. The first kappa shape index (κ1) is 10.2. The zero-order valence-electron chi connectivity index (χ0n) is 9.95. The van der Waals surface area contributed by atoms with E-state index in [0.717, 1.165) is 12.8 Å². The molecule has 0 spiro atoms. The molecule has 1 aromatic rings. The van der Waals surface area contributed by atoms with Crippen LogP contribution in [-0.2, 0) is 6.42 Å². The van der Waals surface area contributed by atoms with Crippen LogP contribution in [0.5, 0.6) is 0 Å². The number of fused-ring (bicyclic) bond motifs is 1. The largest absolute Gasteiger partial charge is 0.369 e. The van der Waals surface area contributed by atoms with Crippen LogP contribution in [-0.4, -0.2) is 12.6 Å². The van der Waals surface area contributed by atoms with Gasteiger partial charge in [-0.3, -0.25) is 0 Å². The van der Waals surface area contributed by atoms with Crippen LogP contribution < -0.4 is 10.6 Å². The molecule has 0 amide bonds. The molecule has 86 valence electrons. The predicted octanol–water partition coefficient (Wildman–Crippen LogP) is 2.62. The van der Waals surface area contributed by atoms with E-state index in [4.69, 9.17) is 5.73 Å². The Balaban J connectivity index is 2.02. The summed E-state index contributed by atoms with van der Waals surface area (Å²) in [7, 11) is 0. The van der Waals surface area contributed by atoms with E-state index in [9.17, 15) is 0 Å². The molecule has 1 saturated heterocycles. The van der Waals surface area contributed by atoms with Crippen molar-refractivity contribution in [2.24, 2.45) is 5.73 Å². The number of anilines is 1. The maximum absolute atomic E-state index is 6.13. The summed E-state index contributed by atoms with van der Waals surface area (Å²) in [6, 6.07) is 7.62. The maximum atomic E-state index is 6.13. The van der Waals surface area contributed by atoms with Crippen molar-refractivity contribution in [2.75, 3.05) is 11.4 Å². The van der Waals surface area contributed by atoms with Crippen LogP contribution in [0.4, 0.5) is 5.69 Å². The van der Waals surface area contributed by atoms with Gasteiger partial charge in [0.25, 0.3) is 0 Å². The molecule has 0 radical (unpaired) electrons. The first-order chi connectivity index (χ1) is 7.77. The van der Waals surface area contributed by atoms with Crippen LogP contribution in [0.2, 0.25) is 0 Å². The standard InChI is InChI=1S/C14H20N2/c1-10-4-3-9-16(10)14-6-2-5-11-12(14)7-8-13(11)15/h2,5-6,10,13H,3-4,7-9,15H2,1H3. The topological polar surface area (TPSA) is 29.3 Å². The van der Waals surface area contributed by atoms with Gasteiger partial charge < -0.3 is 10.6 Å². The molecule has 1 aromatic carbocycles. The van der Waals surface area contributed by atoms with Gasteiger partial charge in [0.15, 0.2) is 0 Å². The van der Waals surface area contributed by atoms with E-state index in [1.165, 1.54) is 36.2 Å². The summed E-state index contributed by atoms with van der Waals surface area (Å²) >= 11 is 0. The fourth-order valence-corrected chi connectivity index (χ4v) is 3.23. The molecule has 1 aliphatic carbocycles. The maximum Gasteiger partial charge on any atom is 0.0404 e. The molecule has 16 heavy (non-hydrogen) atoms. The van der Waals surface area contributed by atoms with Crippen molar-refractivity contribution in [3.63, 3.8) is 0 Å². The number of nitrogens with two attached hydrogens (primary N) is 1. The molecule has 0 saturated carbocycles. The smallest absolute Gasteiger partial charge is 0.0404 e. The van der Waals surface area contributed by atoms with E-state index in [0.29, 0.717) is 6.04 Å². The van der Waals surface area contributed by atoms with Gasteiger partial charge in [-0.1, -0.05) is 12.1 Å². The first-order valence-corrected chi connectivity index (χ1v) is 6.41. The summed E-state index contributed by atoms with van der Waals surface area (Å²) in [5.41, 5.74) is 10.5. The second kappa shape index (κ2) is 3.77. The van der Waals surface area contributed by atoms with Crippen LogP contribution in [0.15, 0.2) is 18.2 Å². The number of nitrogens with zero attached hydrogens (tertiary/aromatic N) is 1. The Kier molecular flexibility index (Phi) is 2.40. The van der Waals surface area contributed by atoms with Crippen molar-refractivity contribution in [2.45, 2.75) is 44.7 Å². The van der Waals surface area contributed by atoms with Crippen LogP contribution in [0, 0.1) is 0 Å². The van der Waals surface area contributed by atoms with Crippen molar-refractivity contribution < 1.29 is 0 Å². The summed E-state index contributed by atoms with van der Waals surface area (Å²) < 4.78 is 0. The van der Waals surface area contributed by atoms with Crippen molar-refractivity contribution in [3.8, 4) is 0 Å². The Morgan fingerprint density at radius 1 is 1.31 bits per heavy atom. The van der Waals surface area contributed by atoms with Gasteiger partial charge in [0.1, 0.15) is 0 Å². The van der Waals surface area contributed by atoms with Gasteiger partial charge in [0.05, 0.1) is 0 Å². The minimum atomic E-state index is 0.271. The molecular weight excluding hydrogens is 196 g/mol. The monoisotopic (exact) mass is 216 g/mol. The highest BCUT2D eigenvalue weighted by molar-refractivity contribution is 5.60. The molecule has 1 heterocycles. The summed E-state index contributed by atoms with van der Waals surface area (Å²) in [6.07, 6.45) is 4.94. The van der Waals surface area contributed by atoms with Crippen LogP contribution >= 0.6 is 0 Å². The third-order valence-electron chi connectivity index (χ3n) is 4.15. The van der Waals surface area contributed by atoms with Gasteiger partial charge in [0, 0.05) is 24.3 Å². The molecule has 2 heteroatoms. The minimum Gasteiger partial charge on any atom is -0.369 e. The molecule has 2 unspecified atom stereocenters. The molecule has 2 nitrogen and oxygen atoms in total. The molecule has 2 N–H and O–H groups in total. The predicted molar refractivity (Wildman–Crippen MR) is 67.7 cm³/mol. The highest BCUT2D eigenvalue weighted by Gasteiger charge is 2.27. The highest BCUT2D eigenvalue weighted by atomic mass is 15.2. The van der Waals surface area contributed by atoms with Gasteiger partial charge in [-0.05, 0) is 49.8 Å². The zero-order valence-corrected chi connectivity index (χ0v) is 9.95. The number of rotatable bonds is 1. The fraction of sp³-hybridized carbons (Fsp3) is 0.571. The summed E-state index contributed by atoms with van der Waals surface area (Å²) in [5, 5.41) is 0. The van der Waals surface area contributed by atoms with E-state index in [2.05, 4.69) is 30.0 Å². The van der Waals surface area contributed by atoms with E-state index in [-0.39, 0.29) is 6.04 Å². The lowest BCUT2D eigenvalue weighted by atomic mass is 10.1. The molecule has 1 aliphatic heterocycles. The molecule has 0 aromatic heterocycles. The molecule has 2 aliphatic rings. The average molecular weight is 216 g/mol. The molecule has 1 fully saturated rings. The normalized spacial score (nSPS) is 28.5. The van der Waals surface area contributed by atoms with Crippen LogP contribution in [0.1, 0.15) is 43.4 Å². The second-order valence-corrected chi connectivity index (χ2v) is 5.17. The Labute approximate surface area is 97.4 Å².